The van der Waals surface area contributed by atoms with Crippen LogP contribution in [-0.4, -0.2) is 78.5 Å². The van der Waals surface area contributed by atoms with Crippen LogP contribution in [-0.2, 0) is 32.0 Å². The second kappa shape index (κ2) is 19.3. The quantitative estimate of drug-likeness (QED) is 0.0378. The number of methoxy groups -OCH3 is 1. The van der Waals surface area contributed by atoms with Gasteiger partial charge in [0.05, 0.1) is 22.8 Å². The Morgan fingerprint density at radius 1 is 0.833 bits per heavy atom. The fraction of sp³-hybridized carbons (Fsp3) is 0.714. The number of unbranched alkanes of at least 4 members (excludes halogenated alkanes) is 1. The van der Waals surface area contributed by atoms with E-state index in [1.807, 2.05) is 30.3 Å². The molecule has 48 heavy (non-hydrogen) atoms. The van der Waals surface area contributed by atoms with Crippen LogP contribution in [0.25, 0.3) is 4.85 Å². The Hall–Kier alpha value is -1.38. The van der Waals surface area contributed by atoms with Crippen LogP contribution < -0.4 is 0 Å². The van der Waals surface area contributed by atoms with E-state index in [9.17, 15) is 9.59 Å². The Morgan fingerprint density at radius 3 is 1.90 bits per heavy atom. The number of carbonyl (C=O) groups is 2. The SMILES string of the molecule is [C-]#[N+]C(C)(C)CC(C)(CC(C)(SC(=S)c1ccccc1)C(=O)OCCC[Si](C)(C)O[Si](C)(C)O[Si](C)(C)CCCC)C(=O)OCCOC. The highest BCUT2D eigenvalue weighted by molar-refractivity contribution is 8.25. The molecule has 13 heteroatoms. The number of hydrogen-bond donors (Lipinski definition) is 0. The van der Waals surface area contributed by atoms with Crippen molar-refractivity contribution in [2.75, 3.05) is 26.9 Å². The number of hydrogen-bond acceptors (Lipinski definition) is 9. The maximum atomic E-state index is 14.1. The van der Waals surface area contributed by atoms with Crippen LogP contribution >= 0.6 is 24.0 Å². The third-order valence-electron chi connectivity index (χ3n) is 7.96. The van der Waals surface area contributed by atoms with Gasteiger partial charge in [-0.1, -0.05) is 74.1 Å². The number of nitrogens with zero attached hydrogens (tertiary/aromatic N) is 1. The molecule has 272 valence electrons. The van der Waals surface area contributed by atoms with Crippen molar-refractivity contribution in [3.63, 3.8) is 0 Å². The van der Waals surface area contributed by atoms with Crippen molar-refractivity contribution in [2.24, 2.45) is 5.41 Å². The monoisotopic (exact) mass is 755 g/mol. The third kappa shape index (κ3) is 16.1. The molecular formula is C35H61NO7S2Si3. The summed E-state index contributed by atoms with van der Waals surface area (Å²) >= 11 is 7.03. The van der Waals surface area contributed by atoms with Gasteiger partial charge in [0.2, 0.25) is 5.54 Å². The summed E-state index contributed by atoms with van der Waals surface area (Å²) in [5, 5.41) is 0. The maximum Gasteiger partial charge on any atom is 0.322 e. The lowest BCUT2D eigenvalue weighted by Crippen LogP contribution is -2.52. The Bertz CT molecular complexity index is 1240. The smallest absolute Gasteiger partial charge is 0.322 e. The summed E-state index contributed by atoms with van der Waals surface area (Å²) in [6.07, 6.45) is 3.24. The highest BCUT2D eigenvalue weighted by atomic mass is 32.2. The summed E-state index contributed by atoms with van der Waals surface area (Å²) in [4.78, 5) is 31.5. The molecule has 0 N–H and O–H groups in total. The number of carbonyl (C=O) groups excluding carboxylic acids is 2. The Kier molecular flexibility index (Phi) is 17.9. The van der Waals surface area contributed by atoms with Crippen molar-refractivity contribution in [1.82, 2.24) is 0 Å². The molecule has 0 aliphatic rings. The number of benzene rings is 1. The normalized spacial score (nSPS) is 15.1. The van der Waals surface area contributed by atoms with Gasteiger partial charge in [-0.25, -0.2) is 6.57 Å². The van der Waals surface area contributed by atoms with Crippen LogP contribution in [0.15, 0.2) is 30.3 Å². The van der Waals surface area contributed by atoms with E-state index < -0.39 is 52.8 Å². The minimum absolute atomic E-state index is 0.0689. The molecule has 1 rings (SSSR count). The van der Waals surface area contributed by atoms with Crippen LogP contribution in [0, 0.1) is 12.0 Å². The summed E-state index contributed by atoms with van der Waals surface area (Å²) in [7, 11) is -4.72. The van der Waals surface area contributed by atoms with Crippen molar-refractivity contribution in [2.45, 2.75) is 128 Å². The van der Waals surface area contributed by atoms with Crippen LogP contribution in [0.4, 0.5) is 0 Å². The molecule has 1 aromatic carbocycles. The van der Waals surface area contributed by atoms with E-state index in [0.29, 0.717) is 10.6 Å². The fourth-order valence-electron chi connectivity index (χ4n) is 6.20. The number of ether oxygens (including phenoxy) is 3. The van der Waals surface area contributed by atoms with E-state index in [2.05, 4.69) is 51.1 Å². The van der Waals surface area contributed by atoms with Crippen molar-refractivity contribution >= 4 is 65.3 Å². The second-order valence-electron chi connectivity index (χ2n) is 15.4. The zero-order chi connectivity index (χ0) is 36.9. The largest absolute Gasteiger partial charge is 0.465 e. The summed E-state index contributed by atoms with van der Waals surface area (Å²) in [5.74, 6) is -0.939. The van der Waals surface area contributed by atoms with Gasteiger partial charge < -0.3 is 27.3 Å². The van der Waals surface area contributed by atoms with E-state index in [0.717, 1.165) is 24.1 Å². The summed E-state index contributed by atoms with van der Waals surface area (Å²) in [6, 6.07) is 11.4. The molecule has 8 nitrogen and oxygen atoms in total. The standard InChI is InChI=1S/C35H61NO7S2Si3/c1-14-15-25-46(8,9)42-48(12,13)43-47(10,11)26-19-22-40-32(38)35(5,45-30(44)29-20-17-16-18-21-29)28-34(4,27-33(2,3)36-6)31(37)41-24-23-39-7/h16-18,20-21H,14-15,19,22-28H2,1-5,7-13H3. The van der Waals surface area contributed by atoms with Gasteiger partial charge in [-0.3, -0.25) is 9.59 Å². The average Bonchev–Trinajstić information content (AvgIpc) is 2.97. The molecule has 2 unspecified atom stereocenters. The zero-order valence-corrected chi connectivity index (χ0v) is 36.2. The van der Waals surface area contributed by atoms with Gasteiger partial charge >= 0.3 is 20.5 Å². The molecule has 0 aliphatic heterocycles. The summed E-state index contributed by atoms with van der Waals surface area (Å²) in [5.41, 5.74) is -1.24. The third-order valence-corrected chi connectivity index (χ3v) is 21.1. The molecular weight excluding hydrogens is 695 g/mol. The van der Waals surface area contributed by atoms with E-state index in [1.165, 1.54) is 25.3 Å². The van der Waals surface area contributed by atoms with Crippen molar-refractivity contribution in [3.05, 3.63) is 47.3 Å². The lowest BCUT2D eigenvalue weighted by molar-refractivity contribution is -0.159. The molecule has 0 amide bonds. The van der Waals surface area contributed by atoms with Crippen molar-refractivity contribution < 1.29 is 32.0 Å². The number of esters is 2. The van der Waals surface area contributed by atoms with Gasteiger partial charge in [0.15, 0.2) is 16.6 Å². The van der Waals surface area contributed by atoms with E-state index in [1.54, 1.807) is 27.7 Å². The van der Waals surface area contributed by atoms with Gasteiger partial charge in [0.1, 0.15) is 11.4 Å². The Morgan fingerprint density at radius 2 is 1.38 bits per heavy atom. The van der Waals surface area contributed by atoms with E-state index >= 15 is 0 Å². The topological polar surface area (TPSA) is 84.7 Å². The summed E-state index contributed by atoms with van der Waals surface area (Å²) in [6.45, 7) is 30.8. The molecule has 0 saturated carbocycles. The molecule has 0 heterocycles. The maximum absolute atomic E-state index is 14.1. The Labute approximate surface area is 304 Å². The summed E-state index contributed by atoms with van der Waals surface area (Å²) < 4.78 is 29.4. The van der Waals surface area contributed by atoms with Crippen LogP contribution in [0.1, 0.15) is 72.3 Å². The molecule has 0 aromatic heterocycles. The van der Waals surface area contributed by atoms with Crippen LogP contribution in [0.5, 0.6) is 0 Å². The fourth-order valence-corrected chi connectivity index (χ4v) is 22.3. The van der Waals surface area contributed by atoms with Gasteiger partial charge in [-0.15, -0.1) is 0 Å². The number of thioether (sulfide) groups is 1. The van der Waals surface area contributed by atoms with E-state index in [4.69, 9.17) is 41.2 Å². The minimum Gasteiger partial charge on any atom is -0.465 e. The second-order valence-corrected chi connectivity index (χ2v) is 30.1. The zero-order valence-electron chi connectivity index (χ0n) is 31.6. The van der Waals surface area contributed by atoms with Crippen molar-refractivity contribution in [3.8, 4) is 0 Å². The molecule has 0 saturated heterocycles. The molecule has 0 spiro atoms. The molecule has 0 aliphatic carbocycles. The molecule has 1 aromatic rings. The number of rotatable bonds is 22. The minimum atomic E-state index is -2.33. The molecule has 0 bridgehead atoms. The van der Waals surface area contributed by atoms with Gasteiger partial charge in [-0.2, -0.15) is 0 Å². The van der Waals surface area contributed by atoms with Crippen LogP contribution in [0.3, 0.4) is 0 Å². The molecule has 2 atom stereocenters. The van der Waals surface area contributed by atoms with Crippen molar-refractivity contribution in [1.29, 1.82) is 0 Å². The predicted molar refractivity (Wildman–Crippen MR) is 210 cm³/mol. The number of thiocarbonyl (C=S) groups is 1. The molecule has 0 fully saturated rings. The van der Waals surface area contributed by atoms with E-state index in [-0.39, 0.29) is 32.7 Å². The lowest BCUT2D eigenvalue weighted by atomic mass is 9.73. The van der Waals surface area contributed by atoms with Gasteiger partial charge in [0, 0.05) is 27.4 Å². The average molecular weight is 756 g/mol. The lowest BCUT2D eigenvalue weighted by Gasteiger charge is -2.39. The first-order valence-electron chi connectivity index (χ1n) is 17.0. The first kappa shape index (κ1) is 44.6. The van der Waals surface area contributed by atoms with Gasteiger partial charge in [0.25, 0.3) is 0 Å². The first-order valence-corrected chi connectivity index (χ1v) is 27.2. The highest BCUT2D eigenvalue weighted by Crippen LogP contribution is 2.45. The first-order chi connectivity index (χ1) is 22.0. The molecule has 0 radical (unpaired) electrons. The van der Waals surface area contributed by atoms with Gasteiger partial charge in [-0.05, 0) is 83.6 Å². The highest BCUT2D eigenvalue weighted by Gasteiger charge is 2.51. The predicted octanol–water partition coefficient (Wildman–Crippen LogP) is 9.41. The van der Waals surface area contributed by atoms with Crippen LogP contribution in [0.2, 0.25) is 51.4 Å². The Balaban J connectivity index is 3.18.